The first kappa shape index (κ1) is 20.6. The number of para-hydroxylation sites is 2. The second-order valence-electron chi connectivity index (χ2n) is 6.97. The van der Waals surface area contributed by atoms with Gasteiger partial charge >= 0.3 is 6.03 Å². The highest BCUT2D eigenvalue weighted by atomic mass is 16.5. The van der Waals surface area contributed by atoms with Crippen LogP contribution in [0.5, 0.6) is 5.75 Å². The fourth-order valence-electron chi connectivity index (χ4n) is 3.33. The molecule has 1 saturated heterocycles. The van der Waals surface area contributed by atoms with Crippen LogP contribution in [-0.2, 0) is 4.74 Å². The molecule has 2 heterocycles. The van der Waals surface area contributed by atoms with Gasteiger partial charge in [-0.15, -0.1) is 10.2 Å². The van der Waals surface area contributed by atoms with Gasteiger partial charge in [0.1, 0.15) is 5.75 Å². The Kier molecular flexibility index (Phi) is 6.59. The summed E-state index contributed by atoms with van der Waals surface area (Å²) in [6.45, 7) is 5.46. The Hall–Kier alpha value is -3.65. The average Bonchev–Trinajstić information content (AvgIpc) is 2.81. The number of ether oxygens (including phenoxy) is 2. The SMILES string of the molecule is CCOc1ccccc1NC(=O)Nc1cccc(-c2ccc(N3CCOCC3)nn2)c1. The molecule has 2 amide bonds. The molecule has 0 unspecified atom stereocenters. The third-order valence-corrected chi connectivity index (χ3v) is 4.84. The van der Waals surface area contributed by atoms with E-state index in [-0.39, 0.29) is 6.03 Å². The van der Waals surface area contributed by atoms with E-state index in [1.54, 1.807) is 6.07 Å². The number of nitrogens with one attached hydrogen (secondary N) is 2. The number of hydrogen-bond donors (Lipinski definition) is 2. The first-order valence-corrected chi connectivity index (χ1v) is 10.3. The molecule has 0 atom stereocenters. The van der Waals surface area contributed by atoms with Crippen molar-refractivity contribution in [3.63, 3.8) is 0 Å². The van der Waals surface area contributed by atoms with Crippen LogP contribution in [0, 0.1) is 0 Å². The Balaban J connectivity index is 1.43. The van der Waals surface area contributed by atoms with Crippen LogP contribution < -0.4 is 20.3 Å². The van der Waals surface area contributed by atoms with Gasteiger partial charge < -0.3 is 25.0 Å². The molecule has 2 N–H and O–H groups in total. The van der Waals surface area contributed by atoms with Crippen LogP contribution in [-0.4, -0.2) is 49.1 Å². The molecule has 8 nitrogen and oxygen atoms in total. The van der Waals surface area contributed by atoms with Crippen molar-refractivity contribution < 1.29 is 14.3 Å². The molecule has 8 heteroatoms. The number of nitrogens with zero attached hydrogens (tertiary/aromatic N) is 3. The van der Waals surface area contributed by atoms with Gasteiger partial charge in [0, 0.05) is 24.3 Å². The van der Waals surface area contributed by atoms with E-state index in [0.29, 0.717) is 36.9 Å². The van der Waals surface area contributed by atoms with Crippen LogP contribution in [0.25, 0.3) is 11.3 Å². The van der Waals surface area contributed by atoms with E-state index in [1.165, 1.54) is 0 Å². The molecule has 31 heavy (non-hydrogen) atoms. The molecule has 1 fully saturated rings. The van der Waals surface area contributed by atoms with Crippen molar-refractivity contribution in [2.45, 2.75) is 6.92 Å². The highest BCUT2D eigenvalue weighted by Crippen LogP contribution is 2.25. The van der Waals surface area contributed by atoms with Gasteiger partial charge in [-0.1, -0.05) is 24.3 Å². The Morgan fingerprint density at radius 2 is 1.87 bits per heavy atom. The normalized spacial score (nSPS) is 13.5. The zero-order valence-electron chi connectivity index (χ0n) is 17.4. The minimum absolute atomic E-state index is 0.349. The number of morpholine rings is 1. The van der Waals surface area contributed by atoms with Gasteiger partial charge in [-0.25, -0.2) is 4.79 Å². The summed E-state index contributed by atoms with van der Waals surface area (Å²) in [5.41, 5.74) is 2.88. The summed E-state index contributed by atoms with van der Waals surface area (Å²) in [5, 5.41) is 14.4. The van der Waals surface area contributed by atoms with Crippen LogP contribution in [0.2, 0.25) is 0 Å². The lowest BCUT2D eigenvalue weighted by molar-refractivity contribution is 0.122. The van der Waals surface area contributed by atoms with E-state index in [9.17, 15) is 4.79 Å². The Labute approximate surface area is 181 Å². The number of amides is 2. The number of hydrogen-bond acceptors (Lipinski definition) is 6. The quantitative estimate of drug-likeness (QED) is 0.627. The van der Waals surface area contributed by atoms with E-state index in [2.05, 4.69) is 25.7 Å². The van der Waals surface area contributed by atoms with E-state index in [4.69, 9.17) is 9.47 Å². The number of rotatable bonds is 6. The second kappa shape index (κ2) is 9.90. The van der Waals surface area contributed by atoms with E-state index in [1.807, 2.05) is 61.5 Å². The fraction of sp³-hybridized carbons (Fsp3) is 0.261. The summed E-state index contributed by atoms with van der Waals surface area (Å²) in [5.74, 6) is 1.47. The lowest BCUT2D eigenvalue weighted by Crippen LogP contribution is -2.36. The third-order valence-electron chi connectivity index (χ3n) is 4.84. The smallest absolute Gasteiger partial charge is 0.323 e. The first-order valence-electron chi connectivity index (χ1n) is 10.3. The van der Waals surface area contributed by atoms with Crippen LogP contribution in [0.4, 0.5) is 22.0 Å². The molecule has 160 valence electrons. The predicted octanol–water partition coefficient (Wildman–Crippen LogP) is 4.02. The molecule has 3 aromatic rings. The number of carbonyl (C=O) groups excluding carboxylic acids is 1. The molecule has 0 saturated carbocycles. The zero-order chi connectivity index (χ0) is 21.5. The van der Waals surface area contributed by atoms with Gasteiger partial charge in [-0.2, -0.15) is 0 Å². The summed E-state index contributed by atoms with van der Waals surface area (Å²) in [6, 6.07) is 18.4. The standard InChI is InChI=1S/C23H25N5O3/c1-2-31-21-9-4-3-8-20(21)25-23(29)24-18-7-5-6-17(16-18)19-10-11-22(27-26-19)28-12-14-30-15-13-28/h3-11,16H,2,12-15H2,1H3,(H2,24,25,29). The van der Waals surface area contributed by atoms with Gasteiger partial charge in [-0.05, 0) is 43.3 Å². The van der Waals surface area contributed by atoms with E-state index in [0.717, 1.165) is 30.2 Å². The molecular weight excluding hydrogens is 394 g/mol. The van der Waals surface area contributed by atoms with Gasteiger partial charge in [-0.3, -0.25) is 0 Å². The maximum absolute atomic E-state index is 12.5. The summed E-state index contributed by atoms with van der Waals surface area (Å²) in [6.07, 6.45) is 0. The van der Waals surface area contributed by atoms with Gasteiger partial charge in [0.05, 0.1) is 31.2 Å². The molecule has 2 aromatic carbocycles. The molecule has 0 spiro atoms. The number of benzene rings is 2. The van der Waals surface area contributed by atoms with Gasteiger partial charge in [0.2, 0.25) is 0 Å². The van der Waals surface area contributed by atoms with Gasteiger partial charge in [0.25, 0.3) is 0 Å². The largest absolute Gasteiger partial charge is 0.492 e. The van der Waals surface area contributed by atoms with Crippen molar-refractivity contribution in [2.75, 3.05) is 48.4 Å². The van der Waals surface area contributed by atoms with Crippen molar-refractivity contribution in [2.24, 2.45) is 0 Å². The van der Waals surface area contributed by atoms with Crippen molar-refractivity contribution in [3.8, 4) is 17.0 Å². The molecular formula is C23H25N5O3. The van der Waals surface area contributed by atoms with Crippen LogP contribution in [0.15, 0.2) is 60.7 Å². The highest BCUT2D eigenvalue weighted by Gasteiger charge is 2.13. The Morgan fingerprint density at radius 1 is 1.03 bits per heavy atom. The summed E-state index contributed by atoms with van der Waals surface area (Å²) in [7, 11) is 0. The Morgan fingerprint density at radius 3 is 2.65 bits per heavy atom. The minimum atomic E-state index is -0.349. The summed E-state index contributed by atoms with van der Waals surface area (Å²) < 4.78 is 10.9. The zero-order valence-corrected chi connectivity index (χ0v) is 17.4. The highest BCUT2D eigenvalue weighted by molar-refractivity contribution is 6.01. The third kappa shape index (κ3) is 5.29. The Bertz CT molecular complexity index is 1020. The fourth-order valence-corrected chi connectivity index (χ4v) is 3.33. The van der Waals surface area contributed by atoms with Gasteiger partial charge in [0.15, 0.2) is 5.82 Å². The maximum Gasteiger partial charge on any atom is 0.323 e. The second-order valence-corrected chi connectivity index (χ2v) is 6.97. The average molecular weight is 419 g/mol. The predicted molar refractivity (Wildman–Crippen MR) is 121 cm³/mol. The number of anilines is 3. The lowest BCUT2D eigenvalue weighted by atomic mass is 10.1. The molecule has 0 bridgehead atoms. The minimum Gasteiger partial charge on any atom is -0.492 e. The number of aromatic nitrogens is 2. The monoisotopic (exact) mass is 419 g/mol. The van der Waals surface area contributed by atoms with Crippen molar-refractivity contribution in [1.82, 2.24) is 10.2 Å². The first-order chi connectivity index (χ1) is 15.2. The molecule has 0 radical (unpaired) electrons. The van der Waals surface area contributed by atoms with E-state index >= 15 is 0 Å². The summed E-state index contributed by atoms with van der Waals surface area (Å²) >= 11 is 0. The number of carbonyl (C=O) groups is 1. The maximum atomic E-state index is 12.5. The topological polar surface area (TPSA) is 88.6 Å². The van der Waals surface area contributed by atoms with Crippen LogP contribution in [0.3, 0.4) is 0 Å². The molecule has 0 aliphatic carbocycles. The van der Waals surface area contributed by atoms with Crippen molar-refractivity contribution in [3.05, 3.63) is 60.7 Å². The molecule has 1 aliphatic rings. The molecule has 1 aliphatic heterocycles. The summed E-state index contributed by atoms with van der Waals surface area (Å²) in [4.78, 5) is 14.6. The number of urea groups is 1. The van der Waals surface area contributed by atoms with Crippen LogP contribution in [0.1, 0.15) is 6.92 Å². The molecule has 1 aromatic heterocycles. The van der Waals surface area contributed by atoms with Crippen molar-refractivity contribution in [1.29, 1.82) is 0 Å². The molecule has 4 rings (SSSR count). The lowest BCUT2D eigenvalue weighted by Gasteiger charge is -2.27. The van der Waals surface area contributed by atoms with Crippen molar-refractivity contribution >= 4 is 23.2 Å². The van der Waals surface area contributed by atoms with E-state index < -0.39 is 0 Å². The van der Waals surface area contributed by atoms with Crippen LogP contribution >= 0.6 is 0 Å².